The molecule has 0 bridgehead atoms. The second kappa shape index (κ2) is 8.75. The molecule has 2 aromatic heterocycles. The molecule has 0 aliphatic heterocycles. The molecule has 3 N–H and O–H groups in total. The number of hydrazone groups is 1. The highest BCUT2D eigenvalue weighted by atomic mass is 16.6. The van der Waals surface area contributed by atoms with Crippen LogP contribution in [0.4, 0.5) is 5.82 Å². The van der Waals surface area contributed by atoms with Crippen molar-refractivity contribution in [1.29, 1.82) is 0 Å². The number of nitrogens with two attached hydrogens (primary N) is 1. The molecule has 0 spiro atoms. The summed E-state index contributed by atoms with van der Waals surface area (Å²) in [5.74, 6) is 0.411. The lowest BCUT2D eigenvalue weighted by Gasteiger charge is -2.06. The van der Waals surface area contributed by atoms with E-state index in [0.29, 0.717) is 24.5 Å². The van der Waals surface area contributed by atoms with Gasteiger partial charge >= 0.3 is 0 Å². The molecule has 1 aromatic carbocycles. The van der Waals surface area contributed by atoms with Gasteiger partial charge < -0.3 is 10.5 Å². The molecule has 28 heavy (non-hydrogen) atoms. The predicted octanol–water partition coefficient (Wildman–Crippen LogP) is 1.35. The van der Waals surface area contributed by atoms with Crippen LogP contribution >= 0.6 is 0 Å². The highest BCUT2D eigenvalue weighted by Gasteiger charge is 2.23. The van der Waals surface area contributed by atoms with Crippen LogP contribution in [0.1, 0.15) is 42.0 Å². The maximum atomic E-state index is 12.5. The first kappa shape index (κ1) is 19.0. The number of rotatable bonds is 8. The van der Waals surface area contributed by atoms with Gasteiger partial charge in [0.1, 0.15) is 5.75 Å². The van der Waals surface area contributed by atoms with Gasteiger partial charge in [-0.2, -0.15) is 9.78 Å². The number of amides is 1. The van der Waals surface area contributed by atoms with Crippen molar-refractivity contribution in [3.63, 3.8) is 0 Å². The average Bonchev–Trinajstić information content (AvgIpc) is 3.29. The van der Waals surface area contributed by atoms with Gasteiger partial charge in [-0.05, 0) is 35.8 Å². The number of nitrogens with one attached hydrogen (secondary N) is 1. The summed E-state index contributed by atoms with van der Waals surface area (Å²) in [5, 5.41) is 19.1. The number of nitrogens with zero attached hydrogens (tertiary/aromatic N) is 6. The van der Waals surface area contributed by atoms with Crippen molar-refractivity contribution in [1.82, 2.24) is 30.7 Å². The van der Waals surface area contributed by atoms with Gasteiger partial charge in [-0.3, -0.25) is 4.79 Å². The normalized spacial score (nSPS) is 11.1. The lowest BCUT2D eigenvalue weighted by molar-refractivity contribution is 0.0949. The van der Waals surface area contributed by atoms with E-state index < -0.39 is 5.91 Å². The van der Waals surface area contributed by atoms with Gasteiger partial charge in [0.25, 0.3) is 5.91 Å². The van der Waals surface area contributed by atoms with E-state index in [1.165, 1.54) is 10.9 Å². The Balaban J connectivity index is 1.80. The van der Waals surface area contributed by atoms with Crippen LogP contribution in [0.3, 0.4) is 0 Å². The summed E-state index contributed by atoms with van der Waals surface area (Å²) in [5.41, 5.74) is 9.57. The number of para-hydroxylation sites is 1. The Hall–Kier alpha value is -3.76. The average molecular weight is 384 g/mol. The molecular formula is C17H20N8O3. The molecule has 0 aliphatic carbocycles. The minimum atomic E-state index is -0.505. The van der Waals surface area contributed by atoms with Gasteiger partial charge in [0, 0.05) is 5.56 Å². The quantitative estimate of drug-likeness (QED) is 0.437. The largest absolute Gasteiger partial charge is 0.493 e. The standard InChI is InChI=1S/C17H20N8O3/c1-3-7-12-14(20-24-25(12)16-15(18)22-28-23-16)17(26)21-19-10-11-8-5-6-9-13(11)27-4-2/h5-6,8-10H,3-4,7H2,1-2H3,(H2,18,22)(H,21,26)/b19-10+. The first-order valence-corrected chi connectivity index (χ1v) is 8.73. The molecule has 11 nitrogen and oxygen atoms in total. The number of ether oxygens (including phenoxy) is 1. The molecule has 0 radical (unpaired) electrons. The third-order valence-corrected chi connectivity index (χ3v) is 3.75. The monoisotopic (exact) mass is 384 g/mol. The van der Waals surface area contributed by atoms with E-state index in [9.17, 15) is 4.79 Å². The Labute approximate surface area is 160 Å². The molecule has 0 aliphatic rings. The van der Waals surface area contributed by atoms with E-state index >= 15 is 0 Å². The summed E-state index contributed by atoms with van der Waals surface area (Å²) in [6.07, 6.45) is 2.79. The summed E-state index contributed by atoms with van der Waals surface area (Å²) >= 11 is 0. The maximum Gasteiger partial charge on any atom is 0.293 e. The topological polar surface area (TPSA) is 146 Å². The summed E-state index contributed by atoms with van der Waals surface area (Å²) in [6.45, 7) is 4.39. The third-order valence-electron chi connectivity index (χ3n) is 3.75. The molecule has 0 saturated heterocycles. The van der Waals surface area contributed by atoms with Gasteiger partial charge in [-0.1, -0.05) is 30.7 Å². The molecule has 2 heterocycles. The Bertz CT molecular complexity index is 978. The SMILES string of the molecule is CCCc1c(C(=O)N/N=C/c2ccccc2OCC)nnn1-c1nonc1N. The minimum Gasteiger partial charge on any atom is -0.493 e. The van der Waals surface area contributed by atoms with Crippen LogP contribution in [0.5, 0.6) is 5.75 Å². The zero-order chi connectivity index (χ0) is 19.9. The highest BCUT2D eigenvalue weighted by molar-refractivity contribution is 5.94. The van der Waals surface area contributed by atoms with Gasteiger partial charge in [-0.15, -0.1) is 5.10 Å². The molecule has 3 aromatic rings. The first-order valence-electron chi connectivity index (χ1n) is 8.73. The van der Waals surface area contributed by atoms with Crippen molar-refractivity contribution < 1.29 is 14.2 Å². The number of benzene rings is 1. The maximum absolute atomic E-state index is 12.5. The third kappa shape index (κ3) is 3.98. The molecule has 0 fully saturated rings. The van der Waals surface area contributed by atoms with Gasteiger partial charge in [0.2, 0.25) is 11.6 Å². The molecule has 0 unspecified atom stereocenters. The molecule has 11 heteroatoms. The van der Waals surface area contributed by atoms with Crippen LogP contribution < -0.4 is 15.9 Å². The lowest BCUT2D eigenvalue weighted by atomic mass is 10.2. The van der Waals surface area contributed by atoms with Gasteiger partial charge in [-0.25, -0.2) is 10.1 Å². The molecule has 0 atom stereocenters. The molecule has 1 amide bonds. The fourth-order valence-electron chi connectivity index (χ4n) is 2.53. The zero-order valence-electron chi connectivity index (χ0n) is 15.5. The van der Waals surface area contributed by atoms with Crippen LogP contribution in [0, 0.1) is 0 Å². The van der Waals surface area contributed by atoms with Crippen molar-refractivity contribution in [2.75, 3.05) is 12.3 Å². The van der Waals surface area contributed by atoms with Crippen LogP contribution in [-0.4, -0.2) is 44.0 Å². The number of hydrogen-bond donors (Lipinski definition) is 2. The highest BCUT2D eigenvalue weighted by Crippen LogP contribution is 2.17. The van der Waals surface area contributed by atoms with Crippen molar-refractivity contribution >= 4 is 17.9 Å². The molecule has 0 saturated carbocycles. The van der Waals surface area contributed by atoms with Crippen molar-refractivity contribution in [2.24, 2.45) is 5.10 Å². The van der Waals surface area contributed by atoms with E-state index in [-0.39, 0.29) is 17.3 Å². The first-order chi connectivity index (χ1) is 13.7. The number of nitrogen functional groups attached to an aromatic ring is 1. The van der Waals surface area contributed by atoms with Crippen LogP contribution in [0.2, 0.25) is 0 Å². The Morgan fingerprint density at radius 3 is 2.89 bits per heavy atom. The smallest absolute Gasteiger partial charge is 0.293 e. The number of hydrogen-bond acceptors (Lipinski definition) is 9. The number of carbonyl (C=O) groups excluding carboxylic acids is 1. The van der Waals surface area contributed by atoms with Gasteiger partial charge in [0.15, 0.2) is 5.69 Å². The Kier molecular flexibility index (Phi) is 5.94. The van der Waals surface area contributed by atoms with E-state index in [2.05, 4.69) is 35.8 Å². The number of anilines is 1. The fraction of sp³-hybridized carbons (Fsp3) is 0.294. The minimum absolute atomic E-state index is 0.0553. The molecular weight excluding hydrogens is 364 g/mol. The van der Waals surface area contributed by atoms with Crippen molar-refractivity contribution in [2.45, 2.75) is 26.7 Å². The second-order valence-corrected chi connectivity index (χ2v) is 5.69. The zero-order valence-corrected chi connectivity index (χ0v) is 15.5. The summed E-state index contributed by atoms with van der Waals surface area (Å²) < 4.78 is 11.5. The Morgan fingerprint density at radius 2 is 2.18 bits per heavy atom. The summed E-state index contributed by atoms with van der Waals surface area (Å²) in [6, 6.07) is 7.38. The second-order valence-electron chi connectivity index (χ2n) is 5.69. The number of carbonyl (C=O) groups is 1. The lowest BCUT2D eigenvalue weighted by Crippen LogP contribution is -2.20. The Morgan fingerprint density at radius 1 is 1.36 bits per heavy atom. The van der Waals surface area contributed by atoms with Crippen molar-refractivity contribution in [3.05, 3.63) is 41.2 Å². The van der Waals surface area contributed by atoms with E-state index in [4.69, 9.17) is 10.5 Å². The van der Waals surface area contributed by atoms with Crippen molar-refractivity contribution in [3.8, 4) is 11.6 Å². The van der Waals surface area contributed by atoms with E-state index in [0.717, 1.165) is 12.0 Å². The van der Waals surface area contributed by atoms with Gasteiger partial charge in [0.05, 0.1) is 18.5 Å². The summed E-state index contributed by atoms with van der Waals surface area (Å²) in [4.78, 5) is 12.5. The van der Waals surface area contributed by atoms with E-state index in [1.54, 1.807) is 0 Å². The van der Waals surface area contributed by atoms with Crippen LogP contribution in [0.25, 0.3) is 5.82 Å². The van der Waals surface area contributed by atoms with E-state index in [1.807, 2.05) is 38.1 Å². The van der Waals surface area contributed by atoms with Crippen LogP contribution in [-0.2, 0) is 6.42 Å². The molecule has 146 valence electrons. The fourth-order valence-corrected chi connectivity index (χ4v) is 2.53. The van der Waals surface area contributed by atoms with Crippen LogP contribution in [0.15, 0.2) is 34.0 Å². The number of aromatic nitrogens is 5. The summed E-state index contributed by atoms with van der Waals surface area (Å²) in [7, 11) is 0. The molecule has 3 rings (SSSR count). The predicted molar refractivity (Wildman–Crippen MR) is 100 cm³/mol.